The van der Waals surface area contributed by atoms with E-state index in [-0.39, 0.29) is 19.1 Å². The van der Waals surface area contributed by atoms with Crippen LogP contribution in [0.2, 0.25) is 0 Å². The van der Waals surface area contributed by atoms with Gasteiger partial charge < -0.3 is 9.47 Å². The number of non-ortho nitro benzene ring substituents is 1. The summed E-state index contributed by atoms with van der Waals surface area (Å²) in [6.07, 6.45) is 5.17. The van der Waals surface area contributed by atoms with Crippen LogP contribution in [0.4, 0.5) is 5.69 Å². The maximum absolute atomic E-state index is 11.3. The largest absolute Gasteiger partial charge is 0.467 e. The fraction of sp³-hybridized carbons (Fsp3) is 0.211. The molecule has 0 radical (unpaired) electrons. The van der Waals surface area contributed by atoms with E-state index in [1.807, 2.05) is 16.7 Å². The van der Waals surface area contributed by atoms with Crippen molar-refractivity contribution in [2.24, 2.45) is 0 Å². The molecule has 1 aliphatic heterocycles. The van der Waals surface area contributed by atoms with Crippen LogP contribution in [0.15, 0.2) is 54.5 Å². The number of ether oxygens (including phenoxy) is 2. The molecule has 0 fully saturated rings. The summed E-state index contributed by atoms with van der Waals surface area (Å²) in [5, 5.41) is 20.6. The summed E-state index contributed by atoms with van der Waals surface area (Å²) in [6.45, 7) is 4.76. The van der Waals surface area contributed by atoms with E-state index in [1.165, 1.54) is 23.9 Å². The summed E-state index contributed by atoms with van der Waals surface area (Å²) in [5.74, 6) is 1.79. The molecule has 148 valence electrons. The first kappa shape index (κ1) is 19.1. The molecule has 3 heterocycles. The van der Waals surface area contributed by atoms with Crippen LogP contribution < -0.4 is 4.74 Å². The van der Waals surface area contributed by atoms with E-state index in [2.05, 4.69) is 21.8 Å². The van der Waals surface area contributed by atoms with E-state index in [0.717, 1.165) is 11.1 Å². The molecule has 2 aromatic heterocycles. The zero-order valence-corrected chi connectivity index (χ0v) is 16.2. The number of thioether (sulfide) groups is 1. The monoisotopic (exact) mass is 411 g/mol. The van der Waals surface area contributed by atoms with Gasteiger partial charge in [-0.1, -0.05) is 17.8 Å². The third-order valence-corrected chi connectivity index (χ3v) is 5.32. The van der Waals surface area contributed by atoms with Crippen LogP contribution in [0, 0.1) is 10.1 Å². The minimum atomic E-state index is -0.412. The molecule has 1 aromatic carbocycles. The van der Waals surface area contributed by atoms with E-state index >= 15 is 0 Å². The third kappa shape index (κ3) is 3.98. The predicted octanol–water partition coefficient (Wildman–Crippen LogP) is 3.59. The van der Waals surface area contributed by atoms with Gasteiger partial charge in [0.1, 0.15) is 5.75 Å². The lowest BCUT2D eigenvalue weighted by molar-refractivity contribution is -0.385. The van der Waals surface area contributed by atoms with Crippen molar-refractivity contribution < 1.29 is 14.4 Å². The van der Waals surface area contributed by atoms with Crippen molar-refractivity contribution in [2.45, 2.75) is 24.1 Å². The van der Waals surface area contributed by atoms with E-state index < -0.39 is 4.92 Å². The highest BCUT2D eigenvalue weighted by Gasteiger charge is 2.22. The van der Waals surface area contributed by atoms with Crippen molar-refractivity contribution in [3.63, 3.8) is 0 Å². The number of nitro benzene ring substituents is 1. The Labute approximate surface area is 170 Å². The van der Waals surface area contributed by atoms with Gasteiger partial charge in [-0.3, -0.25) is 19.7 Å². The summed E-state index contributed by atoms with van der Waals surface area (Å²) < 4.78 is 12.8. The van der Waals surface area contributed by atoms with Gasteiger partial charge in [0.15, 0.2) is 17.8 Å². The van der Waals surface area contributed by atoms with Crippen molar-refractivity contribution in [1.82, 2.24) is 19.7 Å². The van der Waals surface area contributed by atoms with Gasteiger partial charge in [0.2, 0.25) is 0 Å². The SMILES string of the molecule is C=CCn1c(SCc2cc([N+](=O)[O-])cc3c2OCOC3)nnc1-c1ccncc1. The molecule has 0 amide bonds. The maximum atomic E-state index is 11.3. The molecule has 0 bridgehead atoms. The highest BCUT2D eigenvalue weighted by molar-refractivity contribution is 7.98. The van der Waals surface area contributed by atoms with Crippen LogP contribution >= 0.6 is 11.8 Å². The molecule has 4 rings (SSSR count). The molecule has 9 nitrogen and oxygen atoms in total. The van der Waals surface area contributed by atoms with Crippen LogP contribution in [-0.2, 0) is 23.6 Å². The second-order valence-electron chi connectivity index (χ2n) is 6.19. The van der Waals surface area contributed by atoms with Gasteiger partial charge in [0.25, 0.3) is 5.69 Å². The van der Waals surface area contributed by atoms with Crippen LogP contribution in [0.5, 0.6) is 5.75 Å². The topological polar surface area (TPSA) is 105 Å². The smallest absolute Gasteiger partial charge is 0.270 e. The molecular weight excluding hydrogens is 394 g/mol. The van der Waals surface area contributed by atoms with Gasteiger partial charge in [-0.05, 0) is 12.1 Å². The minimum absolute atomic E-state index is 0.0125. The number of hydrogen-bond acceptors (Lipinski definition) is 8. The highest BCUT2D eigenvalue weighted by atomic mass is 32.2. The molecule has 1 aliphatic rings. The number of fused-ring (bicyclic) bond motifs is 1. The number of rotatable bonds is 7. The molecule has 0 unspecified atom stereocenters. The standard InChI is InChI=1S/C19H17N5O4S/c1-2-7-23-18(13-3-5-20-6-4-13)21-22-19(23)29-11-15-9-16(24(25)26)8-14-10-27-12-28-17(14)15/h2-6,8-9H,1,7,10-12H2. The predicted molar refractivity (Wildman–Crippen MR) is 106 cm³/mol. The molecule has 29 heavy (non-hydrogen) atoms. The van der Waals surface area contributed by atoms with E-state index in [0.29, 0.717) is 34.6 Å². The fourth-order valence-electron chi connectivity index (χ4n) is 3.04. The Morgan fingerprint density at radius 2 is 2.14 bits per heavy atom. The lowest BCUT2D eigenvalue weighted by Gasteiger charge is -2.20. The normalized spacial score (nSPS) is 12.8. The Bertz CT molecular complexity index is 1050. The molecule has 0 atom stereocenters. The average Bonchev–Trinajstić information content (AvgIpc) is 3.15. The second-order valence-corrected chi connectivity index (χ2v) is 7.13. The molecule has 0 spiro atoms. The second kappa shape index (κ2) is 8.41. The van der Waals surface area contributed by atoms with Gasteiger partial charge in [-0.15, -0.1) is 16.8 Å². The quantitative estimate of drug-likeness (QED) is 0.251. The summed E-state index contributed by atoms with van der Waals surface area (Å²) in [4.78, 5) is 14.9. The van der Waals surface area contributed by atoms with Crippen molar-refractivity contribution in [3.8, 4) is 17.1 Å². The summed E-state index contributed by atoms with van der Waals surface area (Å²) in [6, 6.07) is 6.76. The van der Waals surface area contributed by atoms with Crippen molar-refractivity contribution >= 4 is 17.4 Å². The zero-order chi connectivity index (χ0) is 20.2. The van der Waals surface area contributed by atoms with E-state index in [4.69, 9.17) is 9.47 Å². The van der Waals surface area contributed by atoms with Crippen LogP contribution in [0.25, 0.3) is 11.4 Å². The maximum Gasteiger partial charge on any atom is 0.270 e. The molecule has 0 saturated carbocycles. The van der Waals surface area contributed by atoms with Crippen molar-refractivity contribution in [2.75, 3.05) is 6.79 Å². The summed E-state index contributed by atoms with van der Waals surface area (Å²) in [7, 11) is 0. The molecule has 0 aliphatic carbocycles. The van der Waals surface area contributed by atoms with Gasteiger partial charge in [0.05, 0.1) is 11.5 Å². The first-order valence-corrected chi connectivity index (χ1v) is 9.74. The molecule has 0 N–H and O–H groups in total. The first-order chi connectivity index (χ1) is 14.2. The molecule has 0 saturated heterocycles. The number of pyridine rings is 1. The van der Waals surface area contributed by atoms with E-state index in [1.54, 1.807) is 18.5 Å². The number of nitrogens with zero attached hydrogens (tertiary/aromatic N) is 5. The van der Waals surface area contributed by atoms with Gasteiger partial charge in [-0.2, -0.15) is 0 Å². The number of aromatic nitrogens is 4. The highest BCUT2D eigenvalue weighted by Crippen LogP contribution is 2.36. The lowest BCUT2D eigenvalue weighted by atomic mass is 10.1. The van der Waals surface area contributed by atoms with Gasteiger partial charge in [0, 0.05) is 53.5 Å². The van der Waals surface area contributed by atoms with Crippen molar-refractivity contribution in [3.05, 3.63) is 70.6 Å². The fourth-order valence-corrected chi connectivity index (χ4v) is 3.95. The number of allylic oxidation sites excluding steroid dienone is 1. The van der Waals surface area contributed by atoms with Crippen LogP contribution in [-0.4, -0.2) is 31.5 Å². The molecule has 3 aromatic rings. The minimum Gasteiger partial charge on any atom is -0.467 e. The lowest BCUT2D eigenvalue weighted by Crippen LogP contribution is -2.13. The van der Waals surface area contributed by atoms with Gasteiger partial charge in [-0.25, -0.2) is 0 Å². The third-order valence-electron chi connectivity index (χ3n) is 4.31. The Balaban J connectivity index is 1.64. The Kier molecular flexibility index (Phi) is 5.54. The number of hydrogen-bond donors (Lipinski definition) is 0. The Morgan fingerprint density at radius 1 is 1.31 bits per heavy atom. The Hall–Kier alpha value is -3.24. The van der Waals surface area contributed by atoms with Gasteiger partial charge >= 0.3 is 0 Å². The summed E-state index contributed by atoms with van der Waals surface area (Å²) in [5.41, 5.74) is 2.31. The average molecular weight is 411 g/mol. The Morgan fingerprint density at radius 3 is 2.90 bits per heavy atom. The van der Waals surface area contributed by atoms with E-state index in [9.17, 15) is 10.1 Å². The first-order valence-electron chi connectivity index (χ1n) is 8.75. The molecular formula is C19H17N5O4S. The van der Waals surface area contributed by atoms with Crippen LogP contribution in [0.1, 0.15) is 11.1 Å². The number of benzene rings is 1. The molecule has 10 heteroatoms. The van der Waals surface area contributed by atoms with Crippen molar-refractivity contribution in [1.29, 1.82) is 0 Å². The van der Waals surface area contributed by atoms with Crippen LogP contribution in [0.3, 0.4) is 0 Å². The zero-order valence-electron chi connectivity index (χ0n) is 15.4. The summed E-state index contributed by atoms with van der Waals surface area (Å²) >= 11 is 1.43. The number of nitro groups is 1.